The van der Waals surface area contributed by atoms with Crippen molar-refractivity contribution in [1.82, 2.24) is 0 Å². The highest BCUT2D eigenvalue weighted by Gasteiger charge is 2.18. The second-order valence-electron chi connectivity index (χ2n) is 4.65. The summed E-state index contributed by atoms with van der Waals surface area (Å²) in [6.07, 6.45) is 1.97. The Morgan fingerprint density at radius 2 is 1.95 bits per heavy atom. The van der Waals surface area contributed by atoms with Gasteiger partial charge in [0.2, 0.25) is 0 Å². The van der Waals surface area contributed by atoms with E-state index in [1.165, 1.54) is 7.11 Å². The van der Waals surface area contributed by atoms with Gasteiger partial charge in [-0.05, 0) is 37.5 Å². The lowest BCUT2D eigenvalue weighted by molar-refractivity contribution is 0.0599. The van der Waals surface area contributed by atoms with Crippen molar-refractivity contribution >= 4 is 27.6 Å². The van der Waals surface area contributed by atoms with E-state index in [2.05, 4.69) is 21.2 Å². The van der Waals surface area contributed by atoms with Gasteiger partial charge in [-0.1, -0.05) is 29.8 Å². The lowest BCUT2D eigenvalue weighted by Crippen LogP contribution is -2.28. The van der Waals surface area contributed by atoms with Crippen LogP contribution in [0.3, 0.4) is 0 Å². The number of nitrogens with one attached hydrogen (secondary N) is 1. The van der Waals surface area contributed by atoms with Crippen LogP contribution in [0.4, 0.5) is 5.69 Å². The molecule has 21 heavy (non-hydrogen) atoms. The minimum absolute atomic E-state index is 0.311. The third-order valence-corrected chi connectivity index (χ3v) is 3.82. The smallest absolute Gasteiger partial charge is 0.338 e. The molecule has 1 fully saturated rings. The standard InChI is InChI=1S/C14H18BrNO3.C2H6/c1-9-12(14(17)18-2)7-10(15)8-13(9)16-11-3-5-19-6-4-11;1-2/h7-8,11,16H,3-6H2,1-2H3;1-2H3. The van der Waals surface area contributed by atoms with Gasteiger partial charge < -0.3 is 14.8 Å². The zero-order valence-corrected chi connectivity index (χ0v) is 14.7. The fourth-order valence-electron chi connectivity index (χ4n) is 2.21. The highest BCUT2D eigenvalue weighted by atomic mass is 79.9. The van der Waals surface area contributed by atoms with Gasteiger partial charge in [0.1, 0.15) is 0 Å². The van der Waals surface area contributed by atoms with Crippen LogP contribution in [0.2, 0.25) is 0 Å². The molecule has 1 aliphatic rings. The number of esters is 1. The van der Waals surface area contributed by atoms with Gasteiger partial charge in [0, 0.05) is 29.4 Å². The molecule has 0 aliphatic carbocycles. The second-order valence-corrected chi connectivity index (χ2v) is 5.56. The lowest BCUT2D eigenvalue weighted by Gasteiger charge is -2.25. The number of rotatable bonds is 3. The van der Waals surface area contributed by atoms with E-state index >= 15 is 0 Å². The van der Waals surface area contributed by atoms with Crippen molar-refractivity contribution in [2.45, 2.75) is 39.7 Å². The van der Waals surface area contributed by atoms with Gasteiger partial charge in [-0.15, -0.1) is 0 Å². The van der Waals surface area contributed by atoms with Gasteiger partial charge in [-0.2, -0.15) is 0 Å². The Balaban J connectivity index is 0.00000106. The molecule has 4 nitrogen and oxygen atoms in total. The summed E-state index contributed by atoms with van der Waals surface area (Å²) in [5.41, 5.74) is 2.48. The van der Waals surface area contributed by atoms with Crippen LogP contribution in [0, 0.1) is 6.92 Å². The number of carbonyl (C=O) groups excluding carboxylic acids is 1. The first-order chi connectivity index (χ1) is 10.1. The molecule has 0 spiro atoms. The molecule has 0 saturated carbocycles. The van der Waals surface area contributed by atoms with Gasteiger partial charge in [0.25, 0.3) is 0 Å². The Morgan fingerprint density at radius 1 is 1.33 bits per heavy atom. The number of anilines is 1. The highest BCUT2D eigenvalue weighted by molar-refractivity contribution is 9.10. The molecule has 1 N–H and O–H groups in total. The van der Waals surface area contributed by atoms with Crippen LogP contribution in [-0.2, 0) is 9.47 Å². The first kappa shape index (κ1) is 18.0. The molecular formula is C16H24BrNO3. The largest absolute Gasteiger partial charge is 0.465 e. The fourth-order valence-corrected chi connectivity index (χ4v) is 2.67. The molecule has 0 amide bonds. The zero-order valence-electron chi connectivity index (χ0n) is 13.2. The van der Waals surface area contributed by atoms with Crippen molar-refractivity contribution in [2.24, 2.45) is 0 Å². The molecule has 1 aromatic rings. The molecule has 1 aromatic carbocycles. The summed E-state index contributed by atoms with van der Waals surface area (Å²) in [5.74, 6) is -0.311. The van der Waals surface area contributed by atoms with Gasteiger partial charge in [-0.3, -0.25) is 0 Å². The van der Waals surface area contributed by atoms with E-state index in [1.54, 1.807) is 6.07 Å². The number of halogens is 1. The summed E-state index contributed by atoms with van der Waals surface area (Å²) < 4.78 is 11.0. The molecule has 1 saturated heterocycles. The zero-order chi connectivity index (χ0) is 15.8. The number of hydrogen-bond acceptors (Lipinski definition) is 4. The van der Waals surface area contributed by atoms with Crippen LogP contribution in [0.1, 0.15) is 42.6 Å². The van der Waals surface area contributed by atoms with Gasteiger partial charge in [-0.25, -0.2) is 4.79 Å². The average Bonchev–Trinajstić information content (AvgIpc) is 2.52. The molecule has 118 valence electrons. The van der Waals surface area contributed by atoms with E-state index in [1.807, 2.05) is 26.8 Å². The Morgan fingerprint density at radius 3 is 2.52 bits per heavy atom. The minimum atomic E-state index is -0.311. The van der Waals surface area contributed by atoms with Crippen molar-refractivity contribution < 1.29 is 14.3 Å². The maximum atomic E-state index is 11.7. The molecule has 0 aromatic heterocycles. The topological polar surface area (TPSA) is 47.6 Å². The van der Waals surface area contributed by atoms with Crippen LogP contribution in [0.5, 0.6) is 0 Å². The Labute approximate surface area is 135 Å². The molecule has 0 atom stereocenters. The molecule has 0 radical (unpaired) electrons. The molecule has 1 aliphatic heterocycles. The summed E-state index contributed by atoms with van der Waals surface area (Å²) in [6, 6.07) is 4.18. The minimum Gasteiger partial charge on any atom is -0.465 e. The number of carbonyl (C=O) groups is 1. The van der Waals surface area contributed by atoms with Crippen molar-refractivity contribution in [3.05, 3.63) is 27.7 Å². The SMILES string of the molecule is CC.COC(=O)c1cc(Br)cc(NC2CCOCC2)c1C. The number of ether oxygens (including phenoxy) is 2. The van der Waals surface area contributed by atoms with E-state index in [0.717, 1.165) is 41.8 Å². The van der Waals surface area contributed by atoms with E-state index in [-0.39, 0.29) is 5.97 Å². The summed E-state index contributed by atoms with van der Waals surface area (Å²) in [6.45, 7) is 7.50. The van der Waals surface area contributed by atoms with Crippen molar-refractivity contribution in [3.8, 4) is 0 Å². The monoisotopic (exact) mass is 357 g/mol. The van der Waals surface area contributed by atoms with E-state index < -0.39 is 0 Å². The molecule has 1 heterocycles. The first-order valence-corrected chi connectivity index (χ1v) is 8.14. The van der Waals surface area contributed by atoms with Crippen LogP contribution >= 0.6 is 15.9 Å². The average molecular weight is 358 g/mol. The maximum absolute atomic E-state index is 11.7. The Hall–Kier alpha value is -1.07. The van der Waals surface area contributed by atoms with Crippen LogP contribution < -0.4 is 5.32 Å². The van der Waals surface area contributed by atoms with Crippen molar-refractivity contribution in [1.29, 1.82) is 0 Å². The lowest BCUT2D eigenvalue weighted by atomic mass is 10.0. The highest BCUT2D eigenvalue weighted by Crippen LogP contribution is 2.27. The van der Waals surface area contributed by atoms with Gasteiger partial charge in [0.05, 0.1) is 12.7 Å². The maximum Gasteiger partial charge on any atom is 0.338 e. The van der Waals surface area contributed by atoms with Crippen LogP contribution in [0.25, 0.3) is 0 Å². The quantitative estimate of drug-likeness (QED) is 0.825. The normalized spacial score (nSPS) is 14.9. The van der Waals surface area contributed by atoms with Crippen LogP contribution in [0.15, 0.2) is 16.6 Å². The molecule has 0 bridgehead atoms. The predicted octanol–water partition coefficient (Wildman–Crippen LogP) is 4.16. The van der Waals surface area contributed by atoms with E-state index in [4.69, 9.17) is 9.47 Å². The van der Waals surface area contributed by atoms with Crippen molar-refractivity contribution in [2.75, 3.05) is 25.6 Å². The second kappa shape index (κ2) is 9.05. The number of benzene rings is 1. The fraction of sp³-hybridized carbons (Fsp3) is 0.562. The Kier molecular flexibility index (Phi) is 7.75. The molecule has 5 heteroatoms. The molecule has 0 unspecified atom stereocenters. The predicted molar refractivity (Wildman–Crippen MR) is 89.0 cm³/mol. The van der Waals surface area contributed by atoms with Gasteiger partial charge >= 0.3 is 5.97 Å². The van der Waals surface area contributed by atoms with E-state index in [9.17, 15) is 4.79 Å². The van der Waals surface area contributed by atoms with E-state index in [0.29, 0.717) is 11.6 Å². The van der Waals surface area contributed by atoms with Gasteiger partial charge in [0.15, 0.2) is 0 Å². The number of hydrogen-bond donors (Lipinski definition) is 1. The van der Waals surface area contributed by atoms with Crippen molar-refractivity contribution in [3.63, 3.8) is 0 Å². The number of methoxy groups -OCH3 is 1. The Bertz CT molecular complexity index is 471. The summed E-state index contributed by atoms with van der Waals surface area (Å²) in [7, 11) is 1.40. The third-order valence-electron chi connectivity index (χ3n) is 3.36. The first-order valence-electron chi connectivity index (χ1n) is 7.34. The summed E-state index contributed by atoms with van der Waals surface area (Å²) in [4.78, 5) is 11.7. The summed E-state index contributed by atoms with van der Waals surface area (Å²) in [5, 5.41) is 3.49. The van der Waals surface area contributed by atoms with Crippen LogP contribution in [-0.4, -0.2) is 32.3 Å². The molecular weight excluding hydrogens is 334 g/mol. The summed E-state index contributed by atoms with van der Waals surface area (Å²) >= 11 is 3.44. The third kappa shape index (κ3) is 5.00. The molecule has 2 rings (SSSR count).